The van der Waals surface area contributed by atoms with Gasteiger partial charge >= 0.3 is 0 Å². The van der Waals surface area contributed by atoms with Crippen molar-refractivity contribution in [1.29, 1.82) is 0 Å². The molecule has 29 heavy (non-hydrogen) atoms. The Labute approximate surface area is 175 Å². The Kier molecular flexibility index (Phi) is 6.56. The first-order chi connectivity index (χ1) is 14.0. The van der Waals surface area contributed by atoms with Crippen molar-refractivity contribution in [3.05, 3.63) is 65.4 Å². The molecule has 0 unspecified atom stereocenters. The first-order valence-electron chi connectivity index (χ1n) is 9.03. The van der Waals surface area contributed by atoms with Crippen molar-refractivity contribution in [3.63, 3.8) is 0 Å². The molecule has 8 heteroatoms. The van der Waals surface area contributed by atoms with Gasteiger partial charge in [-0.25, -0.2) is 0 Å². The number of nitrogens with zero attached hydrogens (tertiary/aromatic N) is 2. The van der Waals surface area contributed by atoms with Crippen LogP contribution in [0.2, 0.25) is 0 Å². The van der Waals surface area contributed by atoms with Crippen molar-refractivity contribution in [3.8, 4) is 11.5 Å². The van der Waals surface area contributed by atoms with Crippen LogP contribution >= 0.6 is 12.2 Å². The monoisotopic (exact) mass is 412 g/mol. The average Bonchev–Trinajstić information content (AvgIpc) is 3.32. The number of hydrazone groups is 1. The lowest BCUT2D eigenvalue weighted by molar-refractivity contribution is 0.355. The van der Waals surface area contributed by atoms with Gasteiger partial charge in [0.15, 0.2) is 16.6 Å². The molecule has 0 saturated heterocycles. The summed E-state index contributed by atoms with van der Waals surface area (Å²) in [6.45, 7) is 4.80. The van der Waals surface area contributed by atoms with E-state index < -0.39 is 0 Å². The number of aryl methyl sites for hydroxylation is 1. The topological polar surface area (TPSA) is 73.0 Å². The fourth-order valence-electron chi connectivity index (χ4n) is 2.99. The molecule has 2 N–H and O–H groups in total. The van der Waals surface area contributed by atoms with Crippen molar-refractivity contribution in [2.24, 2.45) is 5.10 Å². The molecule has 3 rings (SSSR count). The van der Waals surface area contributed by atoms with E-state index in [4.69, 9.17) is 26.1 Å². The van der Waals surface area contributed by atoms with Gasteiger partial charge in [-0.1, -0.05) is 0 Å². The Morgan fingerprint density at radius 2 is 1.97 bits per heavy atom. The average molecular weight is 413 g/mol. The van der Waals surface area contributed by atoms with E-state index in [0.717, 1.165) is 28.4 Å². The van der Waals surface area contributed by atoms with E-state index in [1.54, 1.807) is 38.8 Å². The summed E-state index contributed by atoms with van der Waals surface area (Å²) in [6.07, 6.45) is 3.44. The van der Waals surface area contributed by atoms with E-state index in [1.165, 1.54) is 0 Å². The van der Waals surface area contributed by atoms with Crippen LogP contribution in [0.1, 0.15) is 22.7 Å². The molecule has 3 aromatic rings. The number of furan rings is 1. The second-order valence-electron chi connectivity index (χ2n) is 6.39. The van der Waals surface area contributed by atoms with Crippen molar-refractivity contribution in [2.75, 3.05) is 19.5 Å². The van der Waals surface area contributed by atoms with Gasteiger partial charge in [-0.2, -0.15) is 5.10 Å². The number of aromatic nitrogens is 1. The van der Waals surface area contributed by atoms with Crippen molar-refractivity contribution in [1.82, 2.24) is 9.99 Å². The highest BCUT2D eigenvalue weighted by Crippen LogP contribution is 2.29. The molecule has 0 aliphatic rings. The van der Waals surface area contributed by atoms with Gasteiger partial charge in [-0.15, -0.1) is 0 Å². The molecule has 7 nitrogen and oxygen atoms in total. The Hall–Kier alpha value is -3.26. The van der Waals surface area contributed by atoms with E-state index >= 15 is 0 Å². The fourth-order valence-corrected chi connectivity index (χ4v) is 3.16. The van der Waals surface area contributed by atoms with Gasteiger partial charge in [0.2, 0.25) is 0 Å². The molecule has 0 spiro atoms. The third-order valence-electron chi connectivity index (χ3n) is 4.52. The van der Waals surface area contributed by atoms with Crippen LogP contribution in [0.4, 0.5) is 5.69 Å². The molecule has 2 heterocycles. The number of hydrogen-bond acceptors (Lipinski definition) is 5. The Morgan fingerprint density at radius 3 is 2.66 bits per heavy atom. The molecular weight excluding hydrogens is 388 g/mol. The molecule has 0 fully saturated rings. The van der Waals surface area contributed by atoms with Crippen LogP contribution in [0.25, 0.3) is 0 Å². The molecule has 1 aromatic carbocycles. The smallest absolute Gasteiger partial charge is 0.191 e. The summed E-state index contributed by atoms with van der Waals surface area (Å²) in [5.41, 5.74) is 6.85. The molecule has 0 saturated carbocycles. The van der Waals surface area contributed by atoms with Crippen molar-refractivity contribution < 1.29 is 13.9 Å². The number of hydrogen-bond donors (Lipinski definition) is 2. The van der Waals surface area contributed by atoms with Gasteiger partial charge in [0.05, 0.1) is 33.2 Å². The first kappa shape index (κ1) is 20.5. The molecule has 0 aliphatic heterocycles. The number of anilines is 1. The molecular formula is C21H24N4O3S. The van der Waals surface area contributed by atoms with Crippen LogP contribution in [0.3, 0.4) is 0 Å². The zero-order chi connectivity index (χ0) is 20.8. The van der Waals surface area contributed by atoms with Gasteiger partial charge in [0.25, 0.3) is 0 Å². The number of ether oxygens (including phenoxy) is 2. The molecule has 0 amide bonds. The predicted molar refractivity (Wildman–Crippen MR) is 118 cm³/mol. The summed E-state index contributed by atoms with van der Waals surface area (Å²) in [7, 11) is 3.18. The van der Waals surface area contributed by atoms with E-state index in [1.807, 2.05) is 18.2 Å². The normalized spacial score (nSPS) is 10.9. The fraction of sp³-hybridized carbons (Fsp3) is 0.238. The lowest BCUT2D eigenvalue weighted by atomic mass is 10.3. The van der Waals surface area contributed by atoms with Crippen molar-refractivity contribution >= 4 is 29.2 Å². The highest BCUT2D eigenvalue weighted by atomic mass is 32.1. The zero-order valence-electron chi connectivity index (χ0n) is 16.9. The highest BCUT2D eigenvalue weighted by Gasteiger charge is 2.09. The number of nitrogens with one attached hydrogen (secondary N) is 2. The summed E-state index contributed by atoms with van der Waals surface area (Å²) in [5, 5.41) is 7.70. The Morgan fingerprint density at radius 1 is 1.17 bits per heavy atom. The third kappa shape index (κ3) is 4.97. The second kappa shape index (κ2) is 9.29. The van der Waals surface area contributed by atoms with Gasteiger partial charge in [0.1, 0.15) is 5.76 Å². The molecule has 0 radical (unpaired) electrons. The predicted octanol–water partition coefficient (Wildman–Crippen LogP) is 4.08. The minimum atomic E-state index is 0.373. The lowest BCUT2D eigenvalue weighted by Gasteiger charge is -2.11. The van der Waals surface area contributed by atoms with Crippen LogP contribution in [-0.2, 0) is 6.54 Å². The zero-order valence-corrected chi connectivity index (χ0v) is 17.7. The standard InChI is InChI=1S/C21H24N4O3S/c1-14-10-16(15(2)25(14)13-18-6-5-9-28-18)12-22-24-21(29)23-17-7-8-19(26-3)20(11-17)27-4/h5-12H,13H2,1-4H3,(H2,23,24,29)/b22-12-. The van der Waals surface area contributed by atoms with Gasteiger partial charge in [0, 0.05) is 28.7 Å². The molecule has 0 bridgehead atoms. The van der Waals surface area contributed by atoms with Gasteiger partial charge in [-0.3, -0.25) is 5.43 Å². The third-order valence-corrected chi connectivity index (χ3v) is 4.71. The number of benzene rings is 1. The summed E-state index contributed by atoms with van der Waals surface area (Å²) in [5.74, 6) is 2.18. The molecule has 152 valence electrons. The summed E-state index contributed by atoms with van der Waals surface area (Å²) >= 11 is 5.31. The van der Waals surface area contributed by atoms with E-state index in [-0.39, 0.29) is 0 Å². The maximum Gasteiger partial charge on any atom is 0.191 e. The van der Waals surface area contributed by atoms with E-state index in [9.17, 15) is 0 Å². The van der Waals surface area contributed by atoms with E-state index in [2.05, 4.69) is 40.3 Å². The van der Waals surface area contributed by atoms with Gasteiger partial charge < -0.3 is 23.8 Å². The quantitative estimate of drug-likeness (QED) is 0.346. The molecule has 2 aromatic heterocycles. The summed E-state index contributed by atoms with van der Waals surface area (Å²) in [4.78, 5) is 0. The number of thiocarbonyl (C=S) groups is 1. The van der Waals surface area contributed by atoms with E-state index in [0.29, 0.717) is 23.2 Å². The Bertz CT molecular complexity index is 1010. The molecule has 0 atom stereocenters. The van der Waals surface area contributed by atoms with Crippen LogP contribution in [0.15, 0.2) is 52.2 Å². The maximum absolute atomic E-state index is 5.45. The minimum absolute atomic E-state index is 0.373. The number of methoxy groups -OCH3 is 2. The van der Waals surface area contributed by atoms with Crippen LogP contribution in [0, 0.1) is 13.8 Å². The second-order valence-corrected chi connectivity index (χ2v) is 6.79. The summed E-state index contributed by atoms with van der Waals surface area (Å²) in [6, 6.07) is 11.4. The highest BCUT2D eigenvalue weighted by molar-refractivity contribution is 7.80. The SMILES string of the molecule is COc1ccc(NC(=S)N/N=C\c2cc(C)n(Cc3ccco3)c2C)cc1OC. The van der Waals surface area contributed by atoms with Crippen LogP contribution < -0.4 is 20.2 Å². The maximum atomic E-state index is 5.45. The largest absolute Gasteiger partial charge is 0.493 e. The minimum Gasteiger partial charge on any atom is -0.493 e. The lowest BCUT2D eigenvalue weighted by Crippen LogP contribution is -2.23. The van der Waals surface area contributed by atoms with Crippen molar-refractivity contribution in [2.45, 2.75) is 20.4 Å². The van der Waals surface area contributed by atoms with Gasteiger partial charge in [-0.05, 0) is 56.4 Å². The first-order valence-corrected chi connectivity index (χ1v) is 9.44. The van der Waals surface area contributed by atoms with Crippen LogP contribution in [0.5, 0.6) is 11.5 Å². The van der Waals surface area contributed by atoms with Crippen LogP contribution in [-0.4, -0.2) is 30.1 Å². The Balaban J connectivity index is 1.62. The molecule has 0 aliphatic carbocycles. The summed E-state index contributed by atoms with van der Waals surface area (Å²) < 4.78 is 18.2. The number of rotatable bonds is 7.